The highest BCUT2D eigenvalue weighted by molar-refractivity contribution is 6.00. The van der Waals surface area contributed by atoms with Gasteiger partial charge in [-0.25, -0.2) is 0 Å². The molecule has 98 valence electrons. The lowest BCUT2D eigenvalue weighted by molar-refractivity contribution is 0.0461. The smallest absolute Gasteiger partial charge is 0.168 e. The fraction of sp³-hybridized carbons (Fsp3) is 0.375. The number of hydrogen-bond acceptors (Lipinski definition) is 3. The number of hydrogen-bond donors (Lipinski definition) is 0. The minimum atomic E-state index is 0.0182. The lowest BCUT2D eigenvalue weighted by atomic mass is 9.92. The molecule has 1 fully saturated rings. The number of pyridine rings is 1. The van der Waals surface area contributed by atoms with Crippen LogP contribution in [0.1, 0.15) is 28.9 Å². The molecule has 3 nitrogen and oxygen atoms in total. The zero-order valence-electron chi connectivity index (χ0n) is 11.1. The van der Waals surface area contributed by atoms with E-state index in [2.05, 4.69) is 4.98 Å². The van der Waals surface area contributed by atoms with Gasteiger partial charge in [-0.15, -0.1) is 0 Å². The normalized spacial score (nSPS) is 19.5. The molecule has 1 atom stereocenters. The van der Waals surface area contributed by atoms with E-state index >= 15 is 0 Å². The molecule has 1 aromatic heterocycles. The first-order chi connectivity index (χ1) is 9.24. The maximum Gasteiger partial charge on any atom is 0.168 e. The lowest BCUT2D eigenvalue weighted by Gasteiger charge is -2.20. The number of carbonyl (C=O) groups is 1. The summed E-state index contributed by atoms with van der Waals surface area (Å²) in [4.78, 5) is 16.9. The zero-order chi connectivity index (χ0) is 13.2. The second-order valence-corrected chi connectivity index (χ2v) is 5.14. The van der Waals surface area contributed by atoms with E-state index in [0.717, 1.165) is 41.6 Å². The van der Waals surface area contributed by atoms with Gasteiger partial charge in [-0.1, -0.05) is 6.07 Å². The quantitative estimate of drug-likeness (QED) is 0.774. The van der Waals surface area contributed by atoms with E-state index in [0.29, 0.717) is 6.61 Å². The number of fused-ring (bicyclic) bond motifs is 1. The average molecular weight is 255 g/mol. The molecule has 0 radical (unpaired) electrons. The van der Waals surface area contributed by atoms with E-state index in [-0.39, 0.29) is 11.7 Å². The van der Waals surface area contributed by atoms with Gasteiger partial charge >= 0.3 is 0 Å². The summed E-state index contributed by atoms with van der Waals surface area (Å²) in [6.07, 6.45) is 1.91. The molecule has 3 rings (SSSR count). The third-order valence-electron chi connectivity index (χ3n) is 3.64. The van der Waals surface area contributed by atoms with E-state index in [1.54, 1.807) is 0 Å². The van der Waals surface area contributed by atoms with Gasteiger partial charge in [0.15, 0.2) is 5.78 Å². The summed E-state index contributed by atoms with van der Waals surface area (Å²) in [7, 11) is 0. The van der Waals surface area contributed by atoms with Crippen molar-refractivity contribution in [2.75, 3.05) is 13.2 Å². The fourth-order valence-corrected chi connectivity index (χ4v) is 2.56. The second-order valence-electron chi connectivity index (χ2n) is 5.14. The standard InChI is InChI=1S/C16H17NO2/c1-11-4-5-12-9-13(6-7-15(12)17-11)16(18)14-3-2-8-19-10-14/h4-7,9,14H,2-3,8,10H2,1H3. The number of carbonyl (C=O) groups excluding carboxylic acids is 1. The summed E-state index contributed by atoms with van der Waals surface area (Å²) in [6.45, 7) is 3.31. The summed E-state index contributed by atoms with van der Waals surface area (Å²) >= 11 is 0. The lowest BCUT2D eigenvalue weighted by Crippen LogP contribution is -2.25. The van der Waals surface area contributed by atoms with Crippen LogP contribution < -0.4 is 0 Å². The third-order valence-corrected chi connectivity index (χ3v) is 3.64. The summed E-state index contributed by atoms with van der Waals surface area (Å²) in [6, 6.07) is 9.75. The van der Waals surface area contributed by atoms with Crippen LogP contribution in [-0.2, 0) is 4.74 Å². The number of Topliss-reactive ketones (excluding diaryl/α,β-unsaturated/α-hetero) is 1. The average Bonchev–Trinajstić information content (AvgIpc) is 2.47. The summed E-state index contributed by atoms with van der Waals surface area (Å²) in [5, 5.41) is 1.02. The Morgan fingerprint density at radius 3 is 3.00 bits per heavy atom. The molecule has 2 heterocycles. The first-order valence-electron chi connectivity index (χ1n) is 6.73. The molecule has 2 aromatic rings. The van der Waals surface area contributed by atoms with Crippen molar-refractivity contribution >= 4 is 16.7 Å². The van der Waals surface area contributed by atoms with Crippen LogP contribution in [0.5, 0.6) is 0 Å². The molecule has 0 N–H and O–H groups in total. The number of aromatic nitrogens is 1. The Morgan fingerprint density at radius 2 is 2.21 bits per heavy atom. The molecule has 0 aliphatic carbocycles. The van der Waals surface area contributed by atoms with Gasteiger partial charge in [-0.05, 0) is 44.0 Å². The number of nitrogens with zero attached hydrogens (tertiary/aromatic N) is 1. The van der Waals surface area contributed by atoms with Gasteiger partial charge < -0.3 is 4.74 Å². The minimum absolute atomic E-state index is 0.0182. The van der Waals surface area contributed by atoms with Crippen LogP contribution in [0.4, 0.5) is 0 Å². The molecular formula is C16H17NO2. The molecule has 19 heavy (non-hydrogen) atoms. The molecule has 3 heteroatoms. The fourth-order valence-electron chi connectivity index (χ4n) is 2.56. The first kappa shape index (κ1) is 12.3. The number of benzene rings is 1. The number of aryl methyl sites for hydroxylation is 1. The molecule has 1 unspecified atom stereocenters. The van der Waals surface area contributed by atoms with E-state index < -0.39 is 0 Å². The van der Waals surface area contributed by atoms with Crippen molar-refractivity contribution in [1.29, 1.82) is 0 Å². The molecule has 0 bridgehead atoms. The minimum Gasteiger partial charge on any atom is -0.381 e. The molecule has 1 aliphatic heterocycles. The number of ether oxygens (including phenoxy) is 1. The monoisotopic (exact) mass is 255 g/mol. The molecule has 0 saturated carbocycles. The third kappa shape index (κ3) is 2.51. The summed E-state index contributed by atoms with van der Waals surface area (Å²) in [5.74, 6) is 0.215. The van der Waals surface area contributed by atoms with Gasteiger partial charge in [0.1, 0.15) is 0 Å². The van der Waals surface area contributed by atoms with Crippen molar-refractivity contribution in [2.24, 2.45) is 5.92 Å². The Hall–Kier alpha value is -1.74. The van der Waals surface area contributed by atoms with Crippen molar-refractivity contribution in [3.63, 3.8) is 0 Å². The topological polar surface area (TPSA) is 39.2 Å². The Bertz CT molecular complexity index is 615. The molecule has 0 amide bonds. The van der Waals surface area contributed by atoms with Crippen LogP contribution in [-0.4, -0.2) is 24.0 Å². The Labute approximate surface area is 112 Å². The van der Waals surface area contributed by atoms with Crippen molar-refractivity contribution in [2.45, 2.75) is 19.8 Å². The first-order valence-corrected chi connectivity index (χ1v) is 6.73. The molecule has 1 aliphatic rings. The van der Waals surface area contributed by atoms with Crippen molar-refractivity contribution < 1.29 is 9.53 Å². The number of ketones is 1. The highest BCUT2D eigenvalue weighted by Crippen LogP contribution is 2.21. The summed E-state index contributed by atoms with van der Waals surface area (Å²) < 4.78 is 5.39. The SMILES string of the molecule is Cc1ccc2cc(C(=O)C3CCCOC3)ccc2n1. The van der Waals surface area contributed by atoms with Gasteiger partial charge in [0.05, 0.1) is 12.1 Å². The highest BCUT2D eigenvalue weighted by Gasteiger charge is 2.23. The van der Waals surface area contributed by atoms with Crippen molar-refractivity contribution in [1.82, 2.24) is 4.98 Å². The largest absolute Gasteiger partial charge is 0.381 e. The molecule has 1 saturated heterocycles. The van der Waals surface area contributed by atoms with Gasteiger partial charge in [-0.3, -0.25) is 9.78 Å². The van der Waals surface area contributed by atoms with E-state index in [1.807, 2.05) is 37.3 Å². The second kappa shape index (κ2) is 5.10. The van der Waals surface area contributed by atoms with Crippen LogP contribution in [0.3, 0.4) is 0 Å². The maximum absolute atomic E-state index is 12.4. The van der Waals surface area contributed by atoms with Crippen LogP contribution in [0.15, 0.2) is 30.3 Å². The zero-order valence-corrected chi connectivity index (χ0v) is 11.1. The molecular weight excluding hydrogens is 238 g/mol. The van der Waals surface area contributed by atoms with Crippen molar-refractivity contribution in [3.8, 4) is 0 Å². The van der Waals surface area contributed by atoms with Crippen LogP contribution in [0.25, 0.3) is 10.9 Å². The molecule has 0 spiro atoms. The van der Waals surface area contributed by atoms with Crippen LogP contribution >= 0.6 is 0 Å². The van der Waals surface area contributed by atoms with Crippen LogP contribution in [0, 0.1) is 12.8 Å². The van der Waals surface area contributed by atoms with E-state index in [9.17, 15) is 4.79 Å². The van der Waals surface area contributed by atoms with Gasteiger partial charge in [0, 0.05) is 29.2 Å². The Kier molecular flexibility index (Phi) is 3.30. The predicted molar refractivity (Wildman–Crippen MR) is 74.4 cm³/mol. The molecule has 1 aromatic carbocycles. The van der Waals surface area contributed by atoms with E-state index in [1.165, 1.54) is 0 Å². The van der Waals surface area contributed by atoms with E-state index in [4.69, 9.17) is 4.74 Å². The van der Waals surface area contributed by atoms with Gasteiger partial charge in [0.25, 0.3) is 0 Å². The number of rotatable bonds is 2. The maximum atomic E-state index is 12.4. The predicted octanol–water partition coefficient (Wildman–Crippen LogP) is 3.15. The Balaban J connectivity index is 1.92. The Morgan fingerprint density at radius 1 is 1.32 bits per heavy atom. The van der Waals surface area contributed by atoms with Crippen LogP contribution in [0.2, 0.25) is 0 Å². The van der Waals surface area contributed by atoms with Gasteiger partial charge in [0.2, 0.25) is 0 Å². The van der Waals surface area contributed by atoms with Crippen molar-refractivity contribution in [3.05, 3.63) is 41.6 Å². The summed E-state index contributed by atoms with van der Waals surface area (Å²) in [5.41, 5.74) is 2.71. The van der Waals surface area contributed by atoms with Gasteiger partial charge in [-0.2, -0.15) is 0 Å². The highest BCUT2D eigenvalue weighted by atomic mass is 16.5.